The number of aromatic hydroxyl groups is 2. The lowest BCUT2D eigenvalue weighted by atomic mass is 9.88. The van der Waals surface area contributed by atoms with Crippen LogP contribution in [0.15, 0.2) is 97.1 Å². The second-order valence-electron chi connectivity index (χ2n) is 7.69. The van der Waals surface area contributed by atoms with Gasteiger partial charge in [-0.25, -0.2) is 0 Å². The molecule has 0 amide bonds. The van der Waals surface area contributed by atoms with E-state index in [2.05, 4.69) is 66.7 Å². The van der Waals surface area contributed by atoms with Gasteiger partial charge in [0.15, 0.2) is 11.5 Å². The minimum absolute atomic E-state index is 0.0791. The molecule has 0 aliphatic rings. The van der Waals surface area contributed by atoms with Gasteiger partial charge in [0.1, 0.15) is 0 Å². The van der Waals surface area contributed by atoms with E-state index in [4.69, 9.17) is 0 Å². The average Bonchev–Trinajstić information content (AvgIpc) is 2.80. The highest BCUT2D eigenvalue weighted by Gasteiger charge is 2.15. The molecule has 6 rings (SSSR count). The van der Waals surface area contributed by atoms with Crippen LogP contribution >= 0.6 is 0 Å². The first-order valence-electron chi connectivity index (χ1n) is 9.99. The Bertz CT molecular complexity index is 1610. The smallest absolute Gasteiger partial charge is 0.165 e. The summed E-state index contributed by atoms with van der Waals surface area (Å²) in [6.45, 7) is 0. The van der Waals surface area contributed by atoms with Crippen molar-refractivity contribution in [1.29, 1.82) is 0 Å². The van der Waals surface area contributed by atoms with Crippen molar-refractivity contribution in [1.82, 2.24) is 0 Å². The van der Waals surface area contributed by atoms with E-state index in [1.807, 2.05) is 24.3 Å². The number of hydrogen-bond acceptors (Lipinski definition) is 2. The van der Waals surface area contributed by atoms with Gasteiger partial charge in [-0.15, -0.1) is 0 Å². The number of phenolic OH excluding ortho intramolecular Hbond substituents is 2. The van der Waals surface area contributed by atoms with E-state index in [0.29, 0.717) is 5.39 Å². The first-order chi connectivity index (χ1) is 14.7. The van der Waals surface area contributed by atoms with E-state index in [-0.39, 0.29) is 11.5 Å². The van der Waals surface area contributed by atoms with E-state index < -0.39 is 0 Å². The summed E-state index contributed by atoms with van der Waals surface area (Å²) in [4.78, 5) is 0. The highest BCUT2D eigenvalue weighted by atomic mass is 16.3. The lowest BCUT2D eigenvalue weighted by Gasteiger charge is -2.16. The molecule has 0 heterocycles. The quantitative estimate of drug-likeness (QED) is 0.229. The third-order valence-corrected chi connectivity index (χ3v) is 6.05. The van der Waals surface area contributed by atoms with Gasteiger partial charge < -0.3 is 10.2 Å². The van der Waals surface area contributed by atoms with Gasteiger partial charge in [0.05, 0.1) is 0 Å². The van der Waals surface area contributed by atoms with Crippen LogP contribution < -0.4 is 0 Å². The van der Waals surface area contributed by atoms with Crippen molar-refractivity contribution in [3.05, 3.63) is 97.1 Å². The van der Waals surface area contributed by atoms with Crippen molar-refractivity contribution in [3.63, 3.8) is 0 Å². The van der Waals surface area contributed by atoms with E-state index >= 15 is 0 Å². The first kappa shape index (κ1) is 16.9. The van der Waals surface area contributed by atoms with Gasteiger partial charge in [-0.1, -0.05) is 72.8 Å². The molecule has 0 aliphatic carbocycles. The molecular formula is C28H18O2. The Kier molecular flexibility index (Phi) is 3.50. The van der Waals surface area contributed by atoms with Crippen LogP contribution in [0.5, 0.6) is 11.5 Å². The topological polar surface area (TPSA) is 40.5 Å². The Morgan fingerprint density at radius 3 is 1.60 bits per heavy atom. The molecule has 2 nitrogen and oxygen atoms in total. The second-order valence-corrected chi connectivity index (χ2v) is 7.69. The summed E-state index contributed by atoms with van der Waals surface area (Å²) >= 11 is 0. The third kappa shape index (κ3) is 2.31. The maximum atomic E-state index is 10.6. The number of benzene rings is 6. The second kappa shape index (κ2) is 6.23. The van der Waals surface area contributed by atoms with Crippen molar-refractivity contribution in [2.45, 2.75) is 0 Å². The average molecular weight is 386 g/mol. The molecule has 6 aromatic carbocycles. The summed E-state index contributed by atoms with van der Waals surface area (Å²) in [6, 6.07) is 32.8. The van der Waals surface area contributed by atoms with Crippen LogP contribution in [0, 0.1) is 0 Å². The minimum Gasteiger partial charge on any atom is -0.504 e. The fraction of sp³-hybridized carbons (Fsp3) is 0. The van der Waals surface area contributed by atoms with Crippen molar-refractivity contribution in [2.75, 3.05) is 0 Å². The molecule has 0 fully saturated rings. The molecule has 2 N–H and O–H groups in total. The number of phenols is 2. The van der Waals surface area contributed by atoms with Gasteiger partial charge in [-0.05, 0) is 73.1 Å². The molecule has 0 aliphatic heterocycles. The van der Waals surface area contributed by atoms with Crippen LogP contribution in [0.4, 0.5) is 0 Å². The van der Waals surface area contributed by atoms with Crippen LogP contribution in [-0.4, -0.2) is 10.2 Å². The molecule has 6 aromatic rings. The summed E-state index contributed by atoms with van der Waals surface area (Å²) in [6.07, 6.45) is 0. The number of fused-ring (bicyclic) bond motifs is 6. The number of hydrogen-bond donors (Lipinski definition) is 2. The molecule has 0 bridgehead atoms. The molecule has 0 atom stereocenters. The molecule has 0 spiro atoms. The molecule has 0 aromatic heterocycles. The van der Waals surface area contributed by atoms with Gasteiger partial charge in [-0.3, -0.25) is 0 Å². The van der Waals surface area contributed by atoms with Crippen molar-refractivity contribution in [3.8, 4) is 22.6 Å². The monoisotopic (exact) mass is 386 g/mol. The normalized spacial score (nSPS) is 11.6. The highest BCUT2D eigenvalue weighted by molar-refractivity contribution is 6.20. The fourth-order valence-corrected chi connectivity index (χ4v) is 4.65. The van der Waals surface area contributed by atoms with Crippen LogP contribution in [0.2, 0.25) is 0 Å². The lowest BCUT2D eigenvalue weighted by Crippen LogP contribution is -1.88. The third-order valence-electron chi connectivity index (χ3n) is 6.05. The van der Waals surface area contributed by atoms with Gasteiger partial charge in [0.25, 0.3) is 0 Å². The Morgan fingerprint density at radius 1 is 0.400 bits per heavy atom. The Morgan fingerprint density at radius 2 is 0.900 bits per heavy atom. The van der Waals surface area contributed by atoms with Crippen LogP contribution in [0.1, 0.15) is 0 Å². The molecule has 0 saturated heterocycles. The van der Waals surface area contributed by atoms with Crippen LogP contribution in [0.25, 0.3) is 54.2 Å². The zero-order chi connectivity index (χ0) is 20.2. The molecule has 30 heavy (non-hydrogen) atoms. The Hall–Kier alpha value is -4.04. The standard InChI is InChI=1S/C28H18O2/c29-27-14-13-23-20-10-4-6-12-22(20)25(16-26(23)28(27)30)24-15-17-7-1-2-8-18(17)19-9-3-5-11-21(19)24/h1-16,29-30H. The summed E-state index contributed by atoms with van der Waals surface area (Å²) in [5.41, 5.74) is 2.16. The summed E-state index contributed by atoms with van der Waals surface area (Å²) < 4.78 is 0. The predicted octanol–water partition coefficient (Wildman–Crippen LogP) is 7.38. The van der Waals surface area contributed by atoms with E-state index in [1.54, 1.807) is 6.07 Å². The van der Waals surface area contributed by atoms with E-state index in [0.717, 1.165) is 27.3 Å². The van der Waals surface area contributed by atoms with Gasteiger partial charge in [-0.2, -0.15) is 0 Å². The predicted molar refractivity (Wildman–Crippen MR) is 125 cm³/mol. The van der Waals surface area contributed by atoms with Gasteiger partial charge in [0, 0.05) is 5.39 Å². The summed E-state index contributed by atoms with van der Waals surface area (Å²) in [5, 5.41) is 29.3. The highest BCUT2D eigenvalue weighted by Crippen LogP contribution is 2.44. The van der Waals surface area contributed by atoms with Crippen molar-refractivity contribution < 1.29 is 10.2 Å². The minimum atomic E-state index is -0.105. The van der Waals surface area contributed by atoms with Crippen LogP contribution in [0.3, 0.4) is 0 Å². The molecule has 2 heteroatoms. The maximum Gasteiger partial charge on any atom is 0.165 e. The lowest BCUT2D eigenvalue weighted by molar-refractivity contribution is 0.408. The molecular weight excluding hydrogens is 368 g/mol. The van der Waals surface area contributed by atoms with Crippen molar-refractivity contribution in [2.24, 2.45) is 0 Å². The molecule has 0 saturated carbocycles. The first-order valence-corrected chi connectivity index (χ1v) is 9.99. The van der Waals surface area contributed by atoms with Gasteiger partial charge in [0.2, 0.25) is 0 Å². The van der Waals surface area contributed by atoms with Gasteiger partial charge >= 0.3 is 0 Å². The zero-order valence-electron chi connectivity index (χ0n) is 16.1. The van der Waals surface area contributed by atoms with E-state index in [9.17, 15) is 10.2 Å². The largest absolute Gasteiger partial charge is 0.504 e. The molecule has 142 valence electrons. The Labute approximate surface area is 173 Å². The molecule has 0 unspecified atom stereocenters. The fourth-order valence-electron chi connectivity index (χ4n) is 4.65. The molecule has 0 radical (unpaired) electrons. The number of rotatable bonds is 1. The Balaban J connectivity index is 1.85. The van der Waals surface area contributed by atoms with E-state index in [1.165, 1.54) is 21.5 Å². The maximum absolute atomic E-state index is 10.6. The van der Waals surface area contributed by atoms with Crippen LogP contribution in [-0.2, 0) is 0 Å². The van der Waals surface area contributed by atoms with Crippen molar-refractivity contribution >= 4 is 43.1 Å². The summed E-state index contributed by atoms with van der Waals surface area (Å²) in [5.74, 6) is -0.184. The zero-order valence-corrected chi connectivity index (χ0v) is 16.1. The summed E-state index contributed by atoms with van der Waals surface area (Å²) in [7, 11) is 0. The SMILES string of the molecule is Oc1ccc2c(cc(-c3cc4ccccc4c4ccccc34)c3ccccc32)c1O.